The molecule has 0 amide bonds. The van der Waals surface area contributed by atoms with Crippen molar-refractivity contribution in [2.75, 3.05) is 0 Å². The quantitative estimate of drug-likeness (QED) is 0.381. The summed E-state index contributed by atoms with van der Waals surface area (Å²) in [6.45, 7) is 0. The van der Waals surface area contributed by atoms with Gasteiger partial charge < -0.3 is 8.91 Å². The van der Waals surface area contributed by atoms with Crippen molar-refractivity contribution in [3.8, 4) is 0 Å². The van der Waals surface area contributed by atoms with Gasteiger partial charge in [-0.2, -0.15) is 0 Å². The lowest BCUT2D eigenvalue weighted by Crippen LogP contribution is -1.88. The van der Waals surface area contributed by atoms with Crippen LogP contribution in [0.5, 0.6) is 0 Å². The van der Waals surface area contributed by atoms with Crippen LogP contribution in [0, 0.1) is 0 Å². The van der Waals surface area contributed by atoms with Gasteiger partial charge in [-0.15, -0.1) is 0 Å². The Bertz CT molecular complexity index is 6.00. The molecular formula is H3O2Si2. The van der Waals surface area contributed by atoms with E-state index in [1.807, 2.05) is 0 Å². The second-order valence-corrected chi connectivity index (χ2v) is 1.69. The van der Waals surface area contributed by atoms with Crippen LogP contribution in [0.1, 0.15) is 0 Å². The molecule has 1 N–H and O–H groups in total. The molecule has 4 heavy (non-hydrogen) atoms. The Labute approximate surface area is 30.4 Å². The molecule has 4 heteroatoms. The molecule has 0 saturated carbocycles. The summed E-state index contributed by atoms with van der Waals surface area (Å²) in [5.74, 6) is 0. The van der Waals surface area contributed by atoms with Gasteiger partial charge in [0.2, 0.25) is 10.5 Å². The normalized spacial score (nSPS) is 10.5. The Kier molecular flexibility index (Phi) is 3.65. The minimum absolute atomic E-state index is 1.16. The van der Waals surface area contributed by atoms with Gasteiger partial charge in [-0.25, -0.2) is 0 Å². The Morgan fingerprint density at radius 1 is 2.00 bits per heavy atom. The fourth-order valence-electron chi connectivity index (χ4n) is 0. The number of rotatable bonds is 1. The SMILES string of the molecule is O[SiH2]O[Si]. The standard InChI is InChI=1S/H3O2Si2/c1-4-2-3/h1H,4H2. The van der Waals surface area contributed by atoms with Crippen LogP contribution in [-0.4, -0.2) is 25.3 Å². The van der Waals surface area contributed by atoms with Gasteiger partial charge in [0.25, 0.3) is 10.0 Å². The zero-order valence-electron chi connectivity index (χ0n) is 2.06. The zero-order chi connectivity index (χ0) is 3.41. The second-order valence-electron chi connectivity index (χ2n) is 0.273. The molecule has 0 aromatic carbocycles. The van der Waals surface area contributed by atoms with Gasteiger partial charge in [0.1, 0.15) is 0 Å². The first-order chi connectivity index (χ1) is 1.91. The molecule has 0 aliphatic rings. The summed E-state index contributed by atoms with van der Waals surface area (Å²) in [4.78, 5) is 7.74. The van der Waals surface area contributed by atoms with Crippen LogP contribution in [0.25, 0.3) is 0 Å². The highest BCUT2D eigenvalue weighted by molar-refractivity contribution is 6.25. The topological polar surface area (TPSA) is 29.5 Å². The molecule has 0 unspecified atom stereocenters. The van der Waals surface area contributed by atoms with Crippen molar-refractivity contribution >= 4 is 20.5 Å². The summed E-state index contributed by atoms with van der Waals surface area (Å²) >= 11 is 0. The average molecular weight is 91.2 g/mol. The Morgan fingerprint density at radius 2 is 2.25 bits per heavy atom. The molecule has 0 saturated heterocycles. The molecule has 0 atom stereocenters. The molecule has 0 aromatic heterocycles. The molecule has 0 rings (SSSR count). The summed E-state index contributed by atoms with van der Waals surface area (Å²) in [6.07, 6.45) is 0. The lowest BCUT2D eigenvalue weighted by Gasteiger charge is -1.74. The van der Waals surface area contributed by atoms with E-state index < -0.39 is 10.0 Å². The Balaban J connectivity index is 1.97. The van der Waals surface area contributed by atoms with Crippen LogP contribution >= 0.6 is 0 Å². The third kappa shape index (κ3) is 2.35. The van der Waals surface area contributed by atoms with Gasteiger partial charge >= 0.3 is 0 Å². The zero-order valence-corrected chi connectivity index (χ0v) is 4.48. The minimum atomic E-state index is -1.16. The summed E-state index contributed by atoms with van der Waals surface area (Å²) in [5.41, 5.74) is 0. The van der Waals surface area contributed by atoms with E-state index in [1.54, 1.807) is 0 Å². The van der Waals surface area contributed by atoms with Crippen molar-refractivity contribution in [1.82, 2.24) is 0 Å². The lowest BCUT2D eigenvalue weighted by molar-refractivity contribution is 0.478. The predicted molar refractivity (Wildman–Crippen MR) is 17.6 cm³/mol. The second kappa shape index (κ2) is 3.35. The maximum absolute atomic E-state index is 7.74. The van der Waals surface area contributed by atoms with Gasteiger partial charge in [0.05, 0.1) is 0 Å². The molecule has 0 bridgehead atoms. The third-order valence-electron chi connectivity index (χ3n) is 0.0645. The predicted octanol–water partition coefficient (Wildman–Crippen LogP) is -1.92. The Morgan fingerprint density at radius 3 is 2.25 bits per heavy atom. The van der Waals surface area contributed by atoms with Crippen molar-refractivity contribution in [2.24, 2.45) is 0 Å². The van der Waals surface area contributed by atoms with Crippen molar-refractivity contribution in [3.05, 3.63) is 0 Å². The molecule has 0 aliphatic carbocycles. The van der Waals surface area contributed by atoms with E-state index in [2.05, 4.69) is 14.6 Å². The van der Waals surface area contributed by atoms with E-state index in [9.17, 15) is 0 Å². The van der Waals surface area contributed by atoms with Crippen LogP contribution in [0.15, 0.2) is 0 Å². The highest BCUT2D eigenvalue weighted by Gasteiger charge is 1.58. The van der Waals surface area contributed by atoms with Crippen molar-refractivity contribution < 1.29 is 8.91 Å². The molecule has 0 aliphatic heterocycles. The molecule has 23 valence electrons. The first kappa shape index (κ1) is 4.35. The largest absolute Gasteiger partial charge is 0.441 e. The van der Waals surface area contributed by atoms with Gasteiger partial charge in [0, 0.05) is 0 Å². The van der Waals surface area contributed by atoms with E-state index >= 15 is 0 Å². The van der Waals surface area contributed by atoms with Crippen LogP contribution in [0.2, 0.25) is 0 Å². The van der Waals surface area contributed by atoms with Crippen LogP contribution < -0.4 is 0 Å². The summed E-state index contributed by atoms with van der Waals surface area (Å²) in [7, 11) is 1.44. The summed E-state index contributed by atoms with van der Waals surface area (Å²) < 4.78 is 4.04. The Hall–Kier alpha value is 0.354. The van der Waals surface area contributed by atoms with Crippen LogP contribution in [0.4, 0.5) is 0 Å². The molecule has 0 heterocycles. The first-order valence-electron chi connectivity index (χ1n) is 0.809. The lowest BCUT2D eigenvalue weighted by atomic mass is 15.8. The highest BCUT2D eigenvalue weighted by atomic mass is 28.3. The van der Waals surface area contributed by atoms with E-state index in [0.29, 0.717) is 0 Å². The van der Waals surface area contributed by atoms with Crippen molar-refractivity contribution in [2.45, 2.75) is 0 Å². The minimum Gasteiger partial charge on any atom is -0.441 e. The smallest absolute Gasteiger partial charge is 0.291 e. The van der Waals surface area contributed by atoms with Crippen LogP contribution in [-0.2, 0) is 4.12 Å². The monoisotopic (exact) mass is 91.0 g/mol. The van der Waals surface area contributed by atoms with E-state index in [0.717, 1.165) is 0 Å². The average Bonchev–Trinajstić information content (AvgIpc) is 1.37. The van der Waals surface area contributed by atoms with Gasteiger partial charge in [-0.1, -0.05) is 0 Å². The molecule has 0 aromatic rings. The molecule has 3 radical (unpaired) electrons. The van der Waals surface area contributed by atoms with Gasteiger partial charge in [-0.05, 0) is 0 Å². The molecular weight excluding hydrogens is 88.2 g/mol. The van der Waals surface area contributed by atoms with Crippen LogP contribution in [0.3, 0.4) is 0 Å². The number of hydrogen-bond acceptors (Lipinski definition) is 2. The third-order valence-corrected chi connectivity index (χ3v) is 0.581. The summed E-state index contributed by atoms with van der Waals surface area (Å²) in [5, 5.41) is 0. The van der Waals surface area contributed by atoms with E-state index in [4.69, 9.17) is 4.80 Å². The van der Waals surface area contributed by atoms with Gasteiger partial charge in [-0.3, -0.25) is 0 Å². The van der Waals surface area contributed by atoms with Crippen molar-refractivity contribution in [3.63, 3.8) is 0 Å². The first-order valence-corrected chi connectivity index (χ1v) is 2.43. The van der Waals surface area contributed by atoms with E-state index in [-0.39, 0.29) is 0 Å². The molecule has 2 nitrogen and oxygen atoms in total. The van der Waals surface area contributed by atoms with Gasteiger partial charge in [0.15, 0.2) is 0 Å². The molecule has 0 spiro atoms. The van der Waals surface area contributed by atoms with E-state index in [1.165, 1.54) is 0 Å². The highest BCUT2D eigenvalue weighted by Crippen LogP contribution is 1.37. The van der Waals surface area contributed by atoms with Crippen molar-refractivity contribution in [1.29, 1.82) is 0 Å². The summed E-state index contributed by atoms with van der Waals surface area (Å²) in [6, 6.07) is 0. The number of hydrogen-bond donors (Lipinski definition) is 1. The fourth-order valence-corrected chi connectivity index (χ4v) is 0. The fraction of sp³-hybridized carbons (Fsp3) is 0. The maximum atomic E-state index is 7.74. The maximum Gasteiger partial charge on any atom is 0.291 e. The molecule has 0 fully saturated rings.